The fourth-order valence-electron chi connectivity index (χ4n) is 3.10. The lowest BCUT2D eigenvalue weighted by Crippen LogP contribution is -2.17. The molecule has 182 valence electrons. The van der Waals surface area contributed by atoms with Crippen LogP contribution in [0, 0.1) is 5.92 Å². The number of unbranched alkanes of at least 4 members (excludes halogenated alkanes) is 10. The van der Waals surface area contributed by atoms with Crippen LogP contribution in [-0.2, 0) is 19.1 Å². The van der Waals surface area contributed by atoms with Gasteiger partial charge in [0, 0.05) is 29.3 Å². The van der Waals surface area contributed by atoms with Gasteiger partial charge in [-0.05, 0) is 43.2 Å². The van der Waals surface area contributed by atoms with Crippen LogP contribution in [0.15, 0.2) is 10.2 Å². The highest BCUT2D eigenvalue weighted by Gasteiger charge is 2.16. The molecule has 0 rings (SSSR count). The molecule has 0 N–H and O–H groups in total. The van der Waals surface area contributed by atoms with Crippen LogP contribution in [0.2, 0.25) is 0 Å². The Labute approximate surface area is 191 Å². The third-order valence-electron chi connectivity index (χ3n) is 5.12. The van der Waals surface area contributed by atoms with E-state index >= 15 is 0 Å². The fourth-order valence-corrected chi connectivity index (χ4v) is 3.10. The van der Waals surface area contributed by atoms with Crippen LogP contribution in [0.25, 0.3) is 20.9 Å². The van der Waals surface area contributed by atoms with Crippen molar-refractivity contribution >= 4 is 11.9 Å². The number of ether oxygens (including phenoxy) is 2. The van der Waals surface area contributed by atoms with Crippen LogP contribution in [0.1, 0.15) is 96.8 Å². The molecule has 0 amide bonds. The SMILES string of the molecule is CC(CCC(=O)OCCCCCCCCN=[N+]=[N-])C(=O)OCCCCCCCCN=[N+]=[N-]. The summed E-state index contributed by atoms with van der Waals surface area (Å²) < 4.78 is 10.5. The standard InChI is InChI=1S/C22H40N6O4/c1-20(22(30)32-19-13-9-5-3-7-11-17-26-28-24)14-15-21(29)31-18-12-8-4-2-6-10-16-25-27-23/h20H,2-19H2,1H3. The summed E-state index contributed by atoms with van der Waals surface area (Å²) in [6.07, 6.45) is 12.6. The zero-order valence-corrected chi connectivity index (χ0v) is 19.6. The van der Waals surface area contributed by atoms with Crippen molar-refractivity contribution in [2.45, 2.75) is 96.8 Å². The number of azide groups is 2. The molecular weight excluding hydrogens is 412 g/mol. The predicted octanol–water partition coefficient (Wildman–Crippen LogP) is 6.79. The van der Waals surface area contributed by atoms with Gasteiger partial charge < -0.3 is 9.47 Å². The van der Waals surface area contributed by atoms with Gasteiger partial charge in [0.2, 0.25) is 0 Å². The lowest BCUT2D eigenvalue weighted by Gasteiger charge is -2.11. The molecule has 0 bridgehead atoms. The minimum absolute atomic E-state index is 0.228. The topological polar surface area (TPSA) is 150 Å². The predicted molar refractivity (Wildman–Crippen MR) is 124 cm³/mol. The van der Waals surface area contributed by atoms with Gasteiger partial charge in [-0.15, -0.1) is 0 Å². The first-order valence-electron chi connectivity index (χ1n) is 12.0. The molecule has 10 heteroatoms. The van der Waals surface area contributed by atoms with E-state index in [9.17, 15) is 9.59 Å². The Morgan fingerprint density at radius 1 is 0.719 bits per heavy atom. The molecule has 0 aliphatic rings. The van der Waals surface area contributed by atoms with E-state index in [2.05, 4.69) is 20.1 Å². The van der Waals surface area contributed by atoms with Crippen molar-refractivity contribution < 1.29 is 19.1 Å². The van der Waals surface area contributed by atoms with Gasteiger partial charge in [0.1, 0.15) is 0 Å². The lowest BCUT2D eigenvalue weighted by molar-refractivity contribution is -0.149. The number of nitrogens with zero attached hydrogens (tertiary/aromatic N) is 6. The number of carbonyl (C=O) groups is 2. The number of esters is 2. The summed E-state index contributed by atoms with van der Waals surface area (Å²) in [5.74, 6) is -0.833. The third kappa shape index (κ3) is 20.8. The molecule has 1 unspecified atom stereocenters. The van der Waals surface area contributed by atoms with E-state index in [1.54, 1.807) is 6.92 Å². The Morgan fingerprint density at radius 3 is 1.66 bits per heavy atom. The highest BCUT2D eigenvalue weighted by molar-refractivity contribution is 5.74. The van der Waals surface area contributed by atoms with Crippen molar-refractivity contribution in [3.63, 3.8) is 0 Å². The molecule has 0 spiro atoms. The normalized spacial score (nSPS) is 11.2. The molecular formula is C22H40N6O4. The van der Waals surface area contributed by atoms with Gasteiger partial charge in [-0.3, -0.25) is 9.59 Å². The first-order valence-corrected chi connectivity index (χ1v) is 12.0. The first kappa shape index (κ1) is 29.6. The van der Waals surface area contributed by atoms with Crippen LogP contribution < -0.4 is 0 Å². The van der Waals surface area contributed by atoms with E-state index in [-0.39, 0.29) is 24.3 Å². The zero-order chi connectivity index (χ0) is 23.7. The summed E-state index contributed by atoms with van der Waals surface area (Å²) in [5, 5.41) is 7.00. The second kappa shape index (κ2) is 23.2. The van der Waals surface area contributed by atoms with Gasteiger partial charge in [0.05, 0.1) is 19.1 Å². The Balaban J connectivity index is 3.51. The molecule has 0 saturated carbocycles. The molecule has 0 aromatic heterocycles. The van der Waals surface area contributed by atoms with E-state index in [0.29, 0.717) is 32.7 Å². The number of rotatable bonds is 22. The van der Waals surface area contributed by atoms with Gasteiger partial charge in [-0.1, -0.05) is 68.5 Å². The second-order valence-electron chi connectivity index (χ2n) is 7.98. The van der Waals surface area contributed by atoms with Crippen molar-refractivity contribution in [1.82, 2.24) is 0 Å². The summed E-state index contributed by atoms with van der Waals surface area (Å²) in [6.45, 7) is 3.73. The number of hydrogen-bond acceptors (Lipinski definition) is 6. The van der Waals surface area contributed by atoms with E-state index in [4.69, 9.17) is 20.5 Å². The average molecular weight is 453 g/mol. The molecule has 1 atom stereocenters. The Kier molecular flexibility index (Phi) is 21.5. The van der Waals surface area contributed by atoms with Crippen LogP contribution in [0.5, 0.6) is 0 Å². The van der Waals surface area contributed by atoms with Crippen LogP contribution >= 0.6 is 0 Å². The maximum atomic E-state index is 12.0. The molecule has 0 aliphatic heterocycles. The van der Waals surface area contributed by atoms with Crippen molar-refractivity contribution in [3.8, 4) is 0 Å². The monoisotopic (exact) mass is 452 g/mol. The summed E-state index contributed by atoms with van der Waals surface area (Å²) >= 11 is 0. The quantitative estimate of drug-likeness (QED) is 0.0583. The fraction of sp³-hybridized carbons (Fsp3) is 0.909. The summed E-state index contributed by atoms with van der Waals surface area (Å²) in [4.78, 5) is 29.3. The Bertz CT molecular complexity index is 589. The average Bonchev–Trinajstić information content (AvgIpc) is 2.79. The van der Waals surface area contributed by atoms with E-state index < -0.39 is 0 Å². The molecule has 0 aliphatic carbocycles. The largest absolute Gasteiger partial charge is 0.466 e. The second-order valence-corrected chi connectivity index (χ2v) is 7.98. The van der Waals surface area contributed by atoms with Gasteiger partial charge in [-0.2, -0.15) is 0 Å². The minimum atomic E-state index is -0.311. The number of hydrogen-bond donors (Lipinski definition) is 0. The van der Waals surface area contributed by atoms with Gasteiger partial charge in [0.15, 0.2) is 0 Å². The van der Waals surface area contributed by atoms with Gasteiger partial charge in [-0.25, -0.2) is 0 Å². The highest BCUT2D eigenvalue weighted by atomic mass is 16.5. The first-order chi connectivity index (χ1) is 15.6. The minimum Gasteiger partial charge on any atom is -0.466 e. The van der Waals surface area contributed by atoms with Gasteiger partial charge in [0.25, 0.3) is 0 Å². The molecule has 0 heterocycles. The molecule has 0 aromatic carbocycles. The van der Waals surface area contributed by atoms with Crippen molar-refractivity contribution in [2.24, 2.45) is 16.1 Å². The summed E-state index contributed by atoms with van der Waals surface area (Å²) in [5.41, 5.74) is 16.4. The summed E-state index contributed by atoms with van der Waals surface area (Å²) in [7, 11) is 0. The molecule has 0 aromatic rings. The molecule has 0 fully saturated rings. The zero-order valence-electron chi connectivity index (χ0n) is 19.6. The Morgan fingerprint density at radius 2 is 1.16 bits per heavy atom. The van der Waals surface area contributed by atoms with Crippen molar-refractivity contribution in [3.05, 3.63) is 20.9 Å². The lowest BCUT2D eigenvalue weighted by atomic mass is 10.1. The van der Waals surface area contributed by atoms with E-state index in [1.807, 2.05) is 0 Å². The molecule has 10 nitrogen and oxygen atoms in total. The smallest absolute Gasteiger partial charge is 0.308 e. The summed E-state index contributed by atoms with van der Waals surface area (Å²) in [6, 6.07) is 0. The number of carbonyl (C=O) groups excluding carboxylic acids is 2. The highest BCUT2D eigenvalue weighted by Crippen LogP contribution is 2.11. The van der Waals surface area contributed by atoms with E-state index in [1.165, 1.54) is 0 Å². The molecule has 0 saturated heterocycles. The maximum absolute atomic E-state index is 12.0. The molecule has 32 heavy (non-hydrogen) atoms. The Hall–Kier alpha value is -2.44. The van der Waals surface area contributed by atoms with E-state index in [0.717, 1.165) is 77.0 Å². The van der Waals surface area contributed by atoms with Crippen molar-refractivity contribution in [2.75, 3.05) is 26.3 Å². The molecule has 0 radical (unpaired) electrons. The van der Waals surface area contributed by atoms with Gasteiger partial charge >= 0.3 is 11.9 Å². The maximum Gasteiger partial charge on any atom is 0.308 e. The van der Waals surface area contributed by atoms with Crippen LogP contribution in [0.3, 0.4) is 0 Å². The van der Waals surface area contributed by atoms with Crippen molar-refractivity contribution in [1.29, 1.82) is 0 Å². The van der Waals surface area contributed by atoms with Crippen LogP contribution in [-0.4, -0.2) is 38.2 Å². The van der Waals surface area contributed by atoms with Crippen LogP contribution in [0.4, 0.5) is 0 Å². The third-order valence-corrected chi connectivity index (χ3v) is 5.12.